The van der Waals surface area contributed by atoms with Gasteiger partial charge in [-0.15, -0.1) is 12.4 Å². The number of hydrogen-bond donors (Lipinski definition) is 2. The van der Waals surface area contributed by atoms with Crippen LogP contribution in [-0.4, -0.2) is 25.0 Å². The van der Waals surface area contributed by atoms with Crippen molar-refractivity contribution >= 4 is 18.3 Å². The number of hydrogen-bond acceptors (Lipinski definition) is 2. The molecule has 1 heterocycles. The van der Waals surface area contributed by atoms with Crippen LogP contribution in [0.5, 0.6) is 0 Å². The van der Waals surface area contributed by atoms with E-state index >= 15 is 0 Å². The molecule has 7 heteroatoms. The van der Waals surface area contributed by atoms with Gasteiger partial charge in [-0.05, 0) is 13.0 Å². The number of benzene rings is 1. The molecule has 1 atom stereocenters. The van der Waals surface area contributed by atoms with Gasteiger partial charge in [0.2, 0.25) is 0 Å². The zero-order valence-corrected chi connectivity index (χ0v) is 10.1. The number of halogens is 4. The molecule has 1 aromatic rings. The minimum Gasteiger partial charge on any atom is -0.348 e. The second kappa shape index (κ2) is 6.06. The lowest BCUT2D eigenvalue weighted by molar-refractivity contribution is 0.0931. The van der Waals surface area contributed by atoms with Crippen LogP contribution in [0.4, 0.5) is 13.2 Å². The van der Waals surface area contributed by atoms with Crippen LogP contribution in [0.1, 0.15) is 16.8 Å². The van der Waals surface area contributed by atoms with Crippen molar-refractivity contribution in [1.29, 1.82) is 0 Å². The lowest BCUT2D eigenvalue weighted by atomic mass is 10.1. The highest BCUT2D eigenvalue weighted by atomic mass is 35.5. The van der Waals surface area contributed by atoms with E-state index < -0.39 is 28.9 Å². The zero-order chi connectivity index (χ0) is 12.4. The van der Waals surface area contributed by atoms with E-state index in [9.17, 15) is 18.0 Å². The van der Waals surface area contributed by atoms with Crippen molar-refractivity contribution in [2.75, 3.05) is 13.1 Å². The highest BCUT2D eigenvalue weighted by molar-refractivity contribution is 5.95. The lowest BCUT2D eigenvalue weighted by Gasteiger charge is -2.12. The van der Waals surface area contributed by atoms with Gasteiger partial charge in [-0.1, -0.05) is 0 Å². The molecular formula is C11H12ClF3N2O. The number of carbonyl (C=O) groups excluding carboxylic acids is 1. The molecule has 0 radical (unpaired) electrons. The Morgan fingerprint density at radius 1 is 1.28 bits per heavy atom. The second-order valence-electron chi connectivity index (χ2n) is 3.91. The molecule has 3 nitrogen and oxygen atoms in total. The monoisotopic (exact) mass is 280 g/mol. The molecular weight excluding hydrogens is 269 g/mol. The third-order valence-electron chi connectivity index (χ3n) is 2.63. The predicted molar refractivity (Wildman–Crippen MR) is 62.3 cm³/mol. The first-order valence-electron chi connectivity index (χ1n) is 5.24. The molecule has 0 spiro atoms. The van der Waals surface area contributed by atoms with Crippen molar-refractivity contribution in [3.05, 3.63) is 35.1 Å². The summed E-state index contributed by atoms with van der Waals surface area (Å²) in [6, 6.07) is 0.835. The summed E-state index contributed by atoms with van der Waals surface area (Å²) in [5, 5.41) is 5.50. The van der Waals surface area contributed by atoms with E-state index in [4.69, 9.17) is 0 Å². The third kappa shape index (κ3) is 3.14. The Morgan fingerprint density at radius 3 is 2.39 bits per heavy atom. The molecule has 1 saturated heterocycles. The van der Waals surface area contributed by atoms with Crippen molar-refractivity contribution in [3.63, 3.8) is 0 Å². The van der Waals surface area contributed by atoms with Gasteiger partial charge in [0.15, 0.2) is 0 Å². The Bertz CT molecular complexity index is 427. The van der Waals surface area contributed by atoms with Crippen molar-refractivity contribution in [2.45, 2.75) is 12.5 Å². The summed E-state index contributed by atoms with van der Waals surface area (Å²) >= 11 is 0. The fourth-order valence-corrected chi connectivity index (χ4v) is 1.79. The molecule has 0 saturated carbocycles. The van der Waals surface area contributed by atoms with Gasteiger partial charge in [0.05, 0.1) is 0 Å². The topological polar surface area (TPSA) is 41.1 Å². The highest BCUT2D eigenvalue weighted by Gasteiger charge is 2.23. The van der Waals surface area contributed by atoms with Crippen molar-refractivity contribution < 1.29 is 18.0 Å². The average molecular weight is 281 g/mol. The number of nitrogens with one attached hydrogen (secondary N) is 2. The first-order valence-corrected chi connectivity index (χ1v) is 5.24. The van der Waals surface area contributed by atoms with Gasteiger partial charge in [0.1, 0.15) is 23.0 Å². The molecule has 0 aromatic heterocycles. The predicted octanol–water partition coefficient (Wildman–Crippen LogP) is 1.62. The molecule has 1 aliphatic rings. The van der Waals surface area contributed by atoms with Crippen LogP contribution in [0.25, 0.3) is 0 Å². The molecule has 18 heavy (non-hydrogen) atoms. The standard InChI is InChI=1S/C11H11F3N2O.ClH/c12-6-3-8(13)10(9(14)4-6)11(17)16-7-1-2-15-5-7;/h3-4,7,15H,1-2,5H2,(H,16,17);1H. The van der Waals surface area contributed by atoms with Crippen molar-refractivity contribution in [1.82, 2.24) is 10.6 Å². The second-order valence-corrected chi connectivity index (χ2v) is 3.91. The molecule has 1 amide bonds. The molecule has 0 bridgehead atoms. The average Bonchev–Trinajstić information content (AvgIpc) is 2.68. The van der Waals surface area contributed by atoms with E-state index in [2.05, 4.69) is 10.6 Å². The fourth-order valence-electron chi connectivity index (χ4n) is 1.79. The molecule has 0 aliphatic carbocycles. The van der Waals surface area contributed by atoms with Gasteiger partial charge < -0.3 is 10.6 Å². The van der Waals surface area contributed by atoms with Gasteiger partial charge in [0, 0.05) is 24.7 Å². The SMILES string of the molecule is Cl.O=C(NC1CCNC1)c1c(F)cc(F)cc1F. The number of carbonyl (C=O) groups is 1. The quantitative estimate of drug-likeness (QED) is 0.864. The maximum Gasteiger partial charge on any atom is 0.257 e. The molecule has 2 rings (SSSR count). The van der Waals surface area contributed by atoms with Gasteiger partial charge in [-0.25, -0.2) is 13.2 Å². The van der Waals surface area contributed by atoms with Crippen LogP contribution in [0.15, 0.2) is 12.1 Å². The van der Waals surface area contributed by atoms with E-state index in [1.807, 2.05) is 0 Å². The minimum absolute atomic E-state index is 0. The van der Waals surface area contributed by atoms with Crippen molar-refractivity contribution in [2.24, 2.45) is 0 Å². The van der Waals surface area contributed by atoms with E-state index in [-0.39, 0.29) is 18.4 Å². The van der Waals surface area contributed by atoms with Crippen LogP contribution >= 0.6 is 12.4 Å². The summed E-state index contributed by atoms with van der Waals surface area (Å²) in [7, 11) is 0. The Morgan fingerprint density at radius 2 is 1.89 bits per heavy atom. The Hall–Kier alpha value is -1.27. The summed E-state index contributed by atoms with van der Waals surface area (Å²) in [4.78, 5) is 11.6. The Labute approximate surface area is 108 Å². The number of amides is 1. The van der Waals surface area contributed by atoms with Crippen molar-refractivity contribution in [3.8, 4) is 0 Å². The summed E-state index contributed by atoms with van der Waals surface area (Å²) in [6.07, 6.45) is 0.705. The van der Waals surface area contributed by atoms with Crippen LogP contribution in [0.2, 0.25) is 0 Å². The highest BCUT2D eigenvalue weighted by Crippen LogP contribution is 2.15. The van der Waals surface area contributed by atoms with Gasteiger partial charge in [-0.2, -0.15) is 0 Å². The van der Waals surface area contributed by atoms with Gasteiger partial charge in [0.25, 0.3) is 5.91 Å². The Kier molecular flexibility index (Phi) is 4.98. The first kappa shape index (κ1) is 14.8. The summed E-state index contributed by atoms with van der Waals surface area (Å²) < 4.78 is 39.2. The number of rotatable bonds is 2. The maximum atomic E-state index is 13.3. The van der Waals surface area contributed by atoms with E-state index in [1.54, 1.807) is 0 Å². The van der Waals surface area contributed by atoms with Gasteiger partial charge in [-0.3, -0.25) is 4.79 Å². The molecule has 1 aliphatic heterocycles. The van der Waals surface area contributed by atoms with E-state index in [0.717, 1.165) is 6.54 Å². The van der Waals surface area contributed by atoms with Crippen LogP contribution in [0, 0.1) is 17.5 Å². The lowest BCUT2D eigenvalue weighted by Crippen LogP contribution is -2.37. The zero-order valence-electron chi connectivity index (χ0n) is 9.30. The van der Waals surface area contributed by atoms with Gasteiger partial charge >= 0.3 is 0 Å². The summed E-state index contributed by atoms with van der Waals surface area (Å²) in [6.45, 7) is 1.31. The van der Waals surface area contributed by atoms with E-state index in [0.29, 0.717) is 25.1 Å². The fraction of sp³-hybridized carbons (Fsp3) is 0.364. The van der Waals surface area contributed by atoms with E-state index in [1.165, 1.54) is 0 Å². The molecule has 1 aromatic carbocycles. The van der Waals surface area contributed by atoms with Crippen LogP contribution < -0.4 is 10.6 Å². The first-order chi connectivity index (χ1) is 8.08. The molecule has 2 N–H and O–H groups in total. The summed E-state index contributed by atoms with van der Waals surface area (Å²) in [5.41, 5.74) is -0.738. The molecule has 100 valence electrons. The smallest absolute Gasteiger partial charge is 0.257 e. The maximum absolute atomic E-state index is 13.3. The molecule has 1 unspecified atom stereocenters. The molecule has 1 fully saturated rings. The summed E-state index contributed by atoms with van der Waals surface area (Å²) in [5.74, 6) is -4.27. The van der Waals surface area contributed by atoms with Crippen LogP contribution in [0.3, 0.4) is 0 Å². The minimum atomic E-state index is -1.19. The Balaban J connectivity index is 0.00000162. The largest absolute Gasteiger partial charge is 0.348 e. The third-order valence-corrected chi connectivity index (χ3v) is 2.63. The van der Waals surface area contributed by atoms with Crippen LogP contribution in [-0.2, 0) is 0 Å². The normalized spacial score (nSPS) is 18.3.